The van der Waals surface area contributed by atoms with Gasteiger partial charge in [-0.3, -0.25) is 9.69 Å². The molecule has 1 saturated heterocycles. The topological polar surface area (TPSA) is 53.7 Å². The van der Waals surface area contributed by atoms with Gasteiger partial charge in [0.1, 0.15) is 5.69 Å². The van der Waals surface area contributed by atoms with E-state index < -0.39 is 23.7 Å². The number of aromatic nitrogens is 3. The minimum Gasteiger partial charge on any atom is -0.335 e. The van der Waals surface area contributed by atoms with Gasteiger partial charge in [-0.15, -0.1) is 0 Å². The van der Waals surface area contributed by atoms with Crippen molar-refractivity contribution in [3.8, 4) is 0 Å². The van der Waals surface area contributed by atoms with Crippen LogP contribution in [0.15, 0.2) is 36.4 Å². The standard InChI is InChI=1S/C21H19ClF5N5O/c1-13-10-17(20(23,24)21(25,26)27)32-18(28-13)11-16(29-32)19(33)31-8-6-30(7-9-31)12-14-4-2-3-5-15(14)22/h2-5,10-11H,6-9,12H2,1H3. The van der Waals surface area contributed by atoms with Crippen molar-refractivity contribution in [2.45, 2.75) is 25.6 Å². The molecule has 3 aromatic rings. The molecular formula is C21H19ClF5N5O. The molecule has 6 nitrogen and oxygen atoms in total. The zero-order valence-corrected chi connectivity index (χ0v) is 18.2. The zero-order chi connectivity index (χ0) is 24.0. The summed E-state index contributed by atoms with van der Waals surface area (Å²) in [4.78, 5) is 20.5. The Hall–Kier alpha value is -2.79. The summed E-state index contributed by atoms with van der Waals surface area (Å²) in [6, 6.07) is 9.18. The summed E-state index contributed by atoms with van der Waals surface area (Å²) in [5, 5.41) is 4.41. The van der Waals surface area contributed by atoms with Crippen molar-refractivity contribution in [3.05, 3.63) is 64.1 Å². The molecule has 0 unspecified atom stereocenters. The highest BCUT2D eigenvalue weighted by Gasteiger charge is 2.60. The Morgan fingerprint density at radius 2 is 1.73 bits per heavy atom. The molecule has 12 heteroatoms. The molecule has 1 aromatic carbocycles. The number of carbonyl (C=O) groups is 1. The van der Waals surface area contributed by atoms with Gasteiger partial charge in [-0.25, -0.2) is 9.50 Å². The van der Waals surface area contributed by atoms with E-state index in [0.717, 1.165) is 11.6 Å². The van der Waals surface area contributed by atoms with Gasteiger partial charge in [0.25, 0.3) is 5.91 Å². The van der Waals surface area contributed by atoms with Crippen LogP contribution in [0.2, 0.25) is 5.02 Å². The van der Waals surface area contributed by atoms with E-state index in [9.17, 15) is 26.7 Å². The first-order chi connectivity index (χ1) is 15.5. The summed E-state index contributed by atoms with van der Waals surface area (Å²) in [6.45, 7) is 3.67. The number of amides is 1. The molecule has 3 heterocycles. The lowest BCUT2D eigenvalue weighted by Gasteiger charge is -2.34. The van der Waals surface area contributed by atoms with E-state index in [1.54, 1.807) is 6.07 Å². The number of fused-ring (bicyclic) bond motifs is 1. The molecule has 0 bridgehead atoms. The lowest BCUT2D eigenvalue weighted by molar-refractivity contribution is -0.291. The molecule has 0 N–H and O–H groups in total. The van der Waals surface area contributed by atoms with Crippen LogP contribution in [0.5, 0.6) is 0 Å². The summed E-state index contributed by atoms with van der Waals surface area (Å²) < 4.78 is 67.4. The number of benzene rings is 1. The maximum atomic E-state index is 14.1. The smallest absolute Gasteiger partial charge is 0.335 e. The molecule has 1 fully saturated rings. The molecule has 1 aliphatic rings. The fourth-order valence-electron chi connectivity index (χ4n) is 3.71. The Morgan fingerprint density at radius 3 is 2.36 bits per heavy atom. The Bertz CT molecular complexity index is 1190. The highest BCUT2D eigenvalue weighted by Crippen LogP contribution is 2.43. The number of piperazine rings is 1. The van der Waals surface area contributed by atoms with Crippen molar-refractivity contribution in [1.82, 2.24) is 24.4 Å². The number of halogens is 6. The van der Waals surface area contributed by atoms with Crippen molar-refractivity contribution in [3.63, 3.8) is 0 Å². The van der Waals surface area contributed by atoms with E-state index in [2.05, 4.69) is 15.0 Å². The second kappa shape index (κ2) is 8.53. The second-order valence-corrected chi connectivity index (χ2v) is 8.22. The van der Waals surface area contributed by atoms with Crippen molar-refractivity contribution < 1.29 is 26.7 Å². The van der Waals surface area contributed by atoms with E-state index >= 15 is 0 Å². The number of rotatable bonds is 4. The van der Waals surface area contributed by atoms with Crippen LogP contribution in [0.4, 0.5) is 22.0 Å². The average molecular weight is 488 g/mol. The van der Waals surface area contributed by atoms with E-state index in [4.69, 9.17) is 11.6 Å². The maximum Gasteiger partial charge on any atom is 0.459 e. The molecule has 1 amide bonds. The SMILES string of the molecule is Cc1cc(C(F)(F)C(F)(F)F)n2nc(C(=O)N3CCN(Cc4ccccc4Cl)CC3)cc2n1. The monoisotopic (exact) mass is 487 g/mol. The van der Waals surface area contributed by atoms with Gasteiger partial charge in [0.05, 0.1) is 0 Å². The minimum atomic E-state index is -5.82. The normalized spacial score (nSPS) is 15.9. The molecule has 0 atom stereocenters. The fraction of sp³-hybridized carbons (Fsp3) is 0.381. The highest BCUT2D eigenvalue weighted by molar-refractivity contribution is 6.31. The third-order valence-corrected chi connectivity index (χ3v) is 5.83. The first-order valence-electron chi connectivity index (χ1n) is 10.0. The van der Waals surface area contributed by atoms with E-state index in [0.29, 0.717) is 48.3 Å². The Balaban J connectivity index is 1.52. The quantitative estimate of drug-likeness (QED) is 0.515. The molecule has 33 heavy (non-hydrogen) atoms. The largest absolute Gasteiger partial charge is 0.459 e. The fourth-order valence-corrected chi connectivity index (χ4v) is 3.91. The zero-order valence-electron chi connectivity index (χ0n) is 17.4. The third-order valence-electron chi connectivity index (χ3n) is 5.46. The predicted molar refractivity (Wildman–Crippen MR) is 110 cm³/mol. The van der Waals surface area contributed by atoms with Crippen molar-refractivity contribution >= 4 is 23.2 Å². The Morgan fingerprint density at radius 1 is 1.06 bits per heavy atom. The maximum absolute atomic E-state index is 14.1. The van der Waals surface area contributed by atoms with Crippen LogP contribution in [-0.4, -0.2) is 62.7 Å². The van der Waals surface area contributed by atoms with Gasteiger partial charge in [0.15, 0.2) is 11.3 Å². The number of hydrogen-bond acceptors (Lipinski definition) is 4. The van der Waals surface area contributed by atoms with Crippen molar-refractivity contribution in [1.29, 1.82) is 0 Å². The highest BCUT2D eigenvalue weighted by atomic mass is 35.5. The number of carbonyl (C=O) groups excluding carboxylic acids is 1. The van der Waals surface area contributed by atoms with Gasteiger partial charge in [-0.1, -0.05) is 29.8 Å². The number of hydrogen-bond donors (Lipinski definition) is 0. The molecule has 0 spiro atoms. The average Bonchev–Trinajstić information content (AvgIpc) is 3.17. The number of nitrogens with zero attached hydrogens (tertiary/aromatic N) is 5. The van der Waals surface area contributed by atoms with E-state index in [-0.39, 0.29) is 17.0 Å². The van der Waals surface area contributed by atoms with Gasteiger partial charge >= 0.3 is 12.1 Å². The summed E-state index contributed by atoms with van der Waals surface area (Å²) in [5.41, 5.74) is -0.977. The third kappa shape index (κ3) is 4.51. The van der Waals surface area contributed by atoms with Crippen LogP contribution < -0.4 is 0 Å². The van der Waals surface area contributed by atoms with E-state index in [1.807, 2.05) is 18.2 Å². The van der Waals surface area contributed by atoms with Crippen LogP contribution in [0.1, 0.15) is 27.4 Å². The van der Waals surface area contributed by atoms with Gasteiger partial charge in [0.2, 0.25) is 0 Å². The van der Waals surface area contributed by atoms with Crippen LogP contribution in [0, 0.1) is 6.92 Å². The summed E-state index contributed by atoms with van der Waals surface area (Å²) in [5.74, 6) is -5.72. The number of alkyl halides is 5. The molecule has 0 radical (unpaired) electrons. The van der Waals surface area contributed by atoms with E-state index in [1.165, 1.54) is 11.8 Å². The van der Waals surface area contributed by atoms with Crippen LogP contribution in [0.3, 0.4) is 0 Å². The second-order valence-electron chi connectivity index (χ2n) is 7.81. The summed E-state index contributed by atoms with van der Waals surface area (Å²) in [7, 11) is 0. The Kier molecular flexibility index (Phi) is 6.04. The first kappa shape index (κ1) is 23.4. The van der Waals surface area contributed by atoms with Gasteiger partial charge < -0.3 is 4.90 Å². The lowest BCUT2D eigenvalue weighted by Crippen LogP contribution is -2.48. The first-order valence-corrected chi connectivity index (χ1v) is 10.4. The van der Waals surface area contributed by atoms with Crippen LogP contribution >= 0.6 is 11.6 Å². The van der Waals surface area contributed by atoms with Gasteiger partial charge in [0, 0.05) is 49.5 Å². The molecule has 0 aliphatic carbocycles. The summed E-state index contributed by atoms with van der Waals surface area (Å²) in [6.07, 6.45) is -5.82. The predicted octanol–water partition coefficient (Wildman–Crippen LogP) is 4.30. The molecule has 176 valence electrons. The molecule has 1 aliphatic heterocycles. The Labute approximate surface area is 190 Å². The summed E-state index contributed by atoms with van der Waals surface area (Å²) >= 11 is 6.19. The van der Waals surface area contributed by atoms with Crippen LogP contribution in [0.25, 0.3) is 5.65 Å². The van der Waals surface area contributed by atoms with Gasteiger partial charge in [-0.05, 0) is 24.6 Å². The van der Waals surface area contributed by atoms with Crippen molar-refractivity contribution in [2.75, 3.05) is 26.2 Å². The molecule has 4 rings (SSSR count). The molecular weight excluding hydrogens is 469 g/mol. The van der Waals surface area contributed by atoms with Crippen LogP contribution in [-0.2, 0) is 12.5 Å². The number of aryl methyl sites for hydroxylation is 1. The lowest BCUT2D eigenvalue weighted by atomic mass is 10.2. The molecule has 0 saturated carbocycles. The van der Waals surface area contributed by atoms with Gasteiger partial charge in [-0.2, -0.15) is 27.1 Å². The molecule has 2 aromatic heterocycles. The minimum absolute atomic E-state index is 0.0477. The van der Waals surface area contributed by atoms with Crippen molar-refractivity contribution in [2.24, 2.45) is 0 Å².